The van der Waals surface area contributed by atoms with Gasteiger partial charge in [0.2, 0.25) is 0 Å². The van der Waals surface area contributed by atoms with Gasteiger partial charge in [0.05, 0.1) is 7.18 Å². The highest BCUT2D eigenvalue weighted by Crippen LogP contribution is 2.07. The van der Waals surface area contributed by atoms with Gasteiger partial charge in [0.25, 0.3) is 0 Å². The molecule has 1 rings (SSSR count). The van der Waals surface area contributed by atoms with E-state index in [0.29, 0.717) is 7.18 Å². The minimum absolute atomic E-state index is 0.500. The Morgan fingerprint density at radius 3 is 2.25 bits per heavy atom. The van der Waals surface area contributed by atoms with E-state index in [1.165, 1.54) is 11.1 Å². The Kier molecular flexibility index (Phi) is 5.98. The molecule has 0 amide bonds. The van der Waals surface area contributed by atoms with Gasteiger partial charge >= 0.3 is 0 Å². The molecule has 0 spiro atoms. The van der Waals surface area contributed by atoms with Gasteiger partial charge in [0, 0.05) is 0 Å². The lowest BCUT2D eigenvalue weighted by atomic mass is 10.1. The Labute approximate surface area is 73.7 Å². The van der Waals surface area contributed by atoms with Crippen molar-refractivity contribution in [1.29, 1.82) is 0 Å². The van der Waals surface area contributed by atoms with E-state index in [9.17, 15) is 4.39 Å². The van der Waals surface area contributed by atoms with Crippen LogP contribution in [0.5, 0.6) is 0 Å². The van der Waals surface area contributed by atoms with Crippen LogP contribution in [-0.4, -0.2) is 7.18 Å². The lowest BCUT2D eigenvalue weighted by Gasteiger charge is -1.96. The third-order valence-electron chi connectivity index (χ3n) is 1.53. The van der Waals surface area contributed by atoms with E-state index in [-0.39, 0.29) is 0 Å². The van der Waals surface area contributed by atoms with E-state index in [1.54, 1.807) is 0 Å². The van der Waals surface area contributed by atoms with Crippen LogP contribution in [0.3, 0.4) is 0 Å². The molecule has 0 aromatic heterocycles. The van der Waals surface area contributed by atoms with Crippen molar-refractivity contribution in [3.63, 3.8) is 0 Å². The summed E-state index contributed by atoms with van der Waals surface area (Å²) in [5.41, 5.74) is 2.64. The molecule has 12 heavy (non-hydrogen) atoms. The van der Waals surface area contributed by atoms with Gasteiger partial charge in [0.1, 0.15) is 0 Å². The number of rotatable bonds is 1. The van der Waals surface area contributed by atoms with E-state index in [4.69, 9.17) is 0 Å². The second-order valence-electron chi connectivity index (χ2n) is 2.36. The van der Waals surface area contributed by atoms with Crippen LogP contribution in [-0.2, 0) is 0 Å². The minimum atomic E-state index is 0.500. The summed E-state index contributed by atoms with van der Waals surface area (Å²) in [6.07, 6.45) is 4.18. The first-order valence-corrected chi connectivity index (χ1v) is 3.90. The molecular formula is C11H15F. The van der Waals surface area contributed by atoms with Gasteiger partial charge in [-0.25, -0.2) is 0 Å². The molecule has 0 aliphatic carbocycles. The first-order valence-electron chi connectivity index (χ1n) is 3.90. The van der Waals surface area contributed by atoms with Gasteiger partial charge < -0.3 is 0 Å². The maximum absolute atomic E-state index is 9.50. The summed E-state index contributed by atoms with van der Waals surface area (Å²) in [5, 5.41) is 0. The van der Waals surface area contributed by atoms with E-state index < -0.39 is 0 Å². The number of allylic oxidation sites excluding steroid dienone is 1. The largest absolute Gasteiger partial charge is 0.255 e. The molecule has 1 aromatic carbocycles. The molecule has 0 radical (unpaired) electrons. The first kappa shape index (κ1) is 10.9. The zero-order chi connectivity index (χ0) is 9.40. The number of hydrogen-bond acceptors (Lipinski definition) is 0. The Bertz CT molecular complexity index is 239. The lowest BCUT2D eigenvalue weighted by Crippen LogP contribution is -1.76. The third kappa shape index (κ3) is 3.33. The smallest absolute Gasteiger partial charge is 0.0785 e. The van der Waals surface area contributed by atoms with Crippen LogP contribution in [0.25, 0.3) is 6.08 Å². The lowest BCUT2D eigenvalue weighted by molar-refractivity contribution is 0.636. The highest BCUT2D eigenvalue weighted by Gasteiger charge is 1.87. The predicted molar refractivity (Wildman–Crippen MR) is 52.9 cm³/mol. The van der Waals surface area contributed by atoms with E-state index >= 15 is 0 Å². The maximum Gasteiger partial charge on any atom is 0.0785 e. The van der Waals surface area contributed by atoms with E-state index in [0.717, 1.165) is 0 Å². The van der Waals surface area contributed by atoms with Crippen molar-refractivity contribution in [3.8, 4) is 0 Å². The molecule has 0 N–H and O–H groups in total. The van der Waals surface area contributed by atoms with Gasteiger partial charge in [-0.3, -0.25) is 4.39 Å². The quantitative estimate of drug-likeness (QED) is 0.597. The SMILES string of the molecule is C/C=C/c1ccccc1C.CF. The van der Waals surface area contributed by atoms with Crippen molar-refractivity contribution in [1.82, 2.24) is 0 Å². The van der Waals surface area contributed by atoms with Gasteiger partial charge in [-0.05, 0) is 25.0 Å². The number of hydrogen-bond donors (Lipinski definition) is 0. The Balaban J connectivity index is 0.000000561. The van der Waals surface area contributed by atoms with Gasteiger partial charge in [0.15, 0.2) is 0 Å². The molecule has 0 aliphatic heterocycles. The van der Waals surface area contributed by atoms with Crippen molar-refractivity contribution in [2.24, 2.45) is 0 Å². The molecule has 0 unspecified atom stereocenters. The topological polar surface area (TPSA) is 0 Å². The van der Waals surface area contributed by atoms with Gasteiger partial charge in [-0.1, -0.05) is 36.4 Å². The molecule has 1 heteroatoms. The predicted octanol–water partition coefficient (Wildman–Crippen LogP) is 3.61. The van der Waals surface area contributed by atoms with Crippen LogP contribution in [0.15, 0.2) is 30.3 Å². The molecular weight excluding hydrogens is 151 g/mol. The number of benzene rings is 1. The van der Waals surface area contributed by atoms with Crippen LogP contribution < -0.4 is 0 Å². The fourth-order valence-corrected chi connectivity index (χ4v) is 0.953. The van der Waals surface area contributed by atoms with Crippen LogP contribution in [0.1, 0.15) is 18.1 Å². The average molecular weight is 166 g/mol. The Morgan fingerprint density at radius 2 is 1.75 bits per heavy atom. The second-order valence-corrected chi connectivity index (χ2v) is 2.36. The summed E-state index contributed by atoms with van der Waals surface area (Å²) in [6, 6.07) is 8.36. The van der Waals surface area contributed by atoms with Crippen molar-refractivity contribution < 1.29 is 4.39 Å². The van der Waals surface area contributed by atoms with Crippen molar-refractivity contribution in [3.05, 3.63) is 41.5 Å². The molecule has 66 valence electrons. The standard InChI is InChI=1S/C10H12.CH3F/c1-3-6-10-8-5-4-7-9(10)2;1-2/h3-8H,1-2H3;1H3/b6-3+;. The van der Waals surface area contributed by atoms with Crippen molar-refractivity contribution >= 4 is 6.08 Å². The zero-order valence-corrected chi connectivity index (χ0v) is 7.84. The van der Waals surface area contributed by atoms with Gasteiger partial charge in [-0.2, -0.15) is 0 Å². The molecule has 1 aromatic rings. The van der Waals surface area contributed by atoms with Crippen LogP contribution in [0.4, 0.5) is 4.39 Å². The number of halogens is 1. The molecule has 0 fully saturated rings. The molecule has 0 nitrogen and oxygen atoms in total. The van der Waals surface area contributed by atoms with E-state index in [1.807, 2.05) is 6.92 Å². The zero-order valence-electron chi connectivity index (χ0n) is 7.84. The maximum atomic E-state index is 9.50. The monoisotopic (exact) mass is 166 g/mol. The summed E-state index contributed by atoms with van der Waals surface area (Å²) in [6.45, 7) is 4.15. The third-order valence-corrected chi connectivity index (χ3v) is 1.53. The second kappa shape index (κ2) is 6.59. The summed E-state index contributed by atoms with van der Waals surface area (Å²) in [7, 11) is 0.500. The summed E-state index contributed by atoms with van der Waals surface area (Å²) in [5.74, 6) is 0. The summed E-state index contributed by atoms with van der Waals surface area (Å²) < 4.78 is 9.50. The highest BCUT2D eigenvalue weighted by atomic mass is 19.1. The fraction of sp³-hybridized carbons (Fsp3) is 0.273. The molecule has 0 heterocycles. The fourth-order valence-electron chi connectivity index (χ4n) is 0.953. The molecule has 0 atom stereocenters. The Morgan fingerprint density at radius 1 is 1.17 bits per heavy atom. The molecule has 0 saturated heterocycles. The van der Waals surface area contributed by atoms with Crippen molar-refractivity contribution in [2.75, 3.05) is 7.18 Å². The molecule has 0 bridgehead atoms. The van der Waals surface area contributed by atoms with Crippen LogP contribution >= 0.6 is 0 Å². The highest BCUT2D eigenvalue weighted by molar-refractivity contribution is 5.52. The normalized spacial score (nSPS) is 9.33. The van der Waals surface area contributed by atoms with Gasteiger partial charge in [-0.15, -0.1) is 0 Å². The average Bonchev–Trinajstić information content (AvgIpc) is 2.13. The molecule has 0 saturated carbocycles. The minimum Gasteiger partial charge on any atom is -0.255 e. The molecule has 0 aliphatic rings. The van der Waals surface area contributed by atoms with Crippen LogP contribution in [0.2, 0.25) is 0 Å². The summed E-state index contributed by atoms with van der Waals surface area (Å²) >= 11 is 0. The Hall–Kier alpha value is -1.11. The van der Waals surface area contributed by atoms with E-state index in [2.05, 4.69) is 43.3 Å². The van der Waals surface area contributed by atoms with Crippen molar-refractivity contribution in [2.45, 2.75) is 13.8 Å². The number of alkyl halides is 1. The first-order chi connectivity index (χ1) is 5.84. The van der Waals surface area contributed by atoms with Crippen LogP contribution in [0, 0.1) is 6.92 Å². The summed E-state index contributed by atoms with van der Waals surface area (Å²) in [4.78, 5) is 0. The number of aryl methyl sites for hydroxylation is 1.